The standard InChI is InChI=1S/C13H19F2NO/c1-8(7-9(2)17)16-10(3)13-11(14)5-4-6-12(13)15/h4-6,8-10,16-17H,7H2,1-3H3. The van der Waals surface area contributed by atoms with E-state index in [2.05, 4.69) is 5.32 Å². The number of rotatable bonds is 5. The predicted octanol–water partition coefficient (Wildman–Crippen LogP) is 2.77. The summed E-state index contributed by atoms with van der Waals surface area (Å²) in [6.07, 6.45) is 0.107. The SMILES string of the molecule is CC(O)CC(C)NC(C)c1c(F)cccc1F. The molecule has 0 aromatic heterocycles. The van der Waals surface area contributed by atoms with E-state index in [1.165, 1.54) is 18.2 Å². The van der Waals surface area contributed by atoms with Crippen molar-refractivity contribution >= 4 is 0 Å². The molecule has 0 spiro atoms. The van der Waals surface area contributed by atoms with E-state index in [-0.39, 0.29) is 11.6 Å². The van der Waals surface area contributed by atoms with Gasteiger partial charge in [-0.25, -0.2) is 8.78 Å². The van der Waals surface area contributed by atoms with Crippen LogP contribution in [0.15, 0.2) is 18.2 Å². The van der Waals surface area contributed by atoms with Crippen molar-refractivity contribution in [2.24, 2.45) is 0 Å². The zero-order valence-corrected chi connectivity index (χ0v) is 10.4. The van der Waals surface area contributed by atoms with Gasteiger partial charge in [-0.3, -0.25) is 0 Å². The minimum Gasteiger partial charge on any atom is -0.393 e. The van der Waals surface area contributed by atoms with Gasteiger partial charge in [-0.05, 0) is 39.3 Å². The smallest absolute Gasteiger partial charge is 0.130 e. The molecule has 96 valence electrons. The Morgan fingerprint density at radius 3 is 2.18 bits per heavy atom. The Balaban J connectivity index is 2.73. The van der Waals surface area contributed by atoms with Gasteiger partial charge in [0.25, 0.3) is 0 Å². The zero-order chi connectivity index (χ0) is 13.0. The summed E-state index contributed by atoms with van der Waals surface area (Å²) < 4.78 is 27.0. The maximum absolute atomic E-state index is 13.5. The average Bonchev–Trinajstić information content (AvgIpc) is 2.15. The molecule has 1 aromatic rings. The van der Waals surface area contributed by atoms with E-state index in [4.69, 9.17) is 0 Å². The predicted molar refractivity (Wildman–Crippen MR) is 63.7 cm³/mol. The molecular weight excluding hydrogens is 224 g/mol. The molecular formula is C13H19F2NO. The second kappa shape index (κ2) is 6.07. The lowest BCUT2D eigenvalue weighted by Gasteiger charge is -2.22. The van der Waals surface area contributed by atoms with Gasteiger partial charge in [0, 0.05) is 17.6 Å². The summed E-state index contributed by atoms with van der Waals surface area (Å²) in [5.74, 6) is -1.09. The summed E-state index contributed by atoms with van der Waals surface area (Å²) in [5, 5.41) is 12.3. The van der Waals surface area contributed by atoms with Gasteiger partial charge in [-0.15, -0.1) is 0 Å². The maximum atomic E-state index is 13.5. The third-order valence-corrected chi connectivity index (χ3v) is 2.66. The van der Waals surface area contributed by atoms with Crippen LogP contribution in [0.3, 0.4) is 0 Å². The first kappa shape index (κ1) is 14.1. The first-order chi connectivity index (χ1) is 7.91. The van der Waals surface area contributed by atoms with E-state index in [1.807, 2.05) is 6.92 Å². The van der Waals surface area contributed by atoms with Gasteiger partial charge in [0.15, 0.2) is 0 Å². The molecule has 0 aliphatic carbocycles. The highest BCUT2D eigenvalue weighted by atomic mass is 19.1. The fraction of sp³-hybridized carbons (Fsp3) is 0.538. The van der Waals surface area contributed by atoms with Gasteiger partial charge >= 0.3 is 0 Å². The van der Waals surface area contributed by atoms with Crippen molar-refractivity contribution in [3.05, 3.63) is 35.4 Å². The summed E-state index contributed by atoms with van der Waals surface area (Å²) in [5.41, 5.74) is 0.0462. The van der Waals surface area contributed by atoms with Crippen molar-refractivity contribution < 1.29 is 13.9 Å². The minimum atomic E-state index is -0.547. The van der Waals surface area contributed by atoms with E-state index < -0.39 is 23.8 Å². The third-order valence-electron chi connectivity index (χ3n) is 2.66. The molecule has 1 rings (SSSR count). The number of aliphatic hydroxyl groups excluding tert-OH is 1. The third kappa shape index (κ3) is 4.06. The average molecular weight is 243 g/mol. The highest BCUT2D eigenvalue weighted by Crippen LogP contribution is 2.21. The number of halogens is 2. The molecule has 3 atom stereocenters. The fourth-order valence-corrected chi connectivity index (χ4v) is 2.01. The zero-order valence-electron chi connectivity index (χ0n) is 10.4. The lowest BCUT2D eigenvalue weighted by atomic mass is 10.0. The highest BCUT2D eigenvalue weighted by molar-refractivity contribution is 5.22. The molecule has 3 unspecified atom stereocenters. The van der Waals surface area contributed by atoms with E-state index in [0.717, 1.165) is 0 Å². The molecule has 0 fully saturated rings. The molecule has 0 saturated carbocycles. The van der Waals surface area contributed by atoms with Crippen molar-refractivity contribution in [3.8, 4) is 0 Å². The van der Waals surface area contributed by atoms with Crippen molar-refractivity contribution in [1.29, 1.82) is 0 Å². The summed E-state index contributed by atoms with van der Waals surface area (Å²) in [6.45, 7) is 5.27. The maximum Gasteiger partial charge on any atom is 0.130 e. The van der Waals surface area contributed by atoms with Gasteiger partial charge < -0.3 is 10.4 Å². The van der Waals surface area contributed by atoms with Crippen molar-refractivity contribution in [3.63, 3.8) is 0 Å². The normalized spacial score (nSPS) is 16.6. The second-order valence-electron chi connectivity index (χ2n) is 4.51. The van der Waals surface area contributed by atoms with Crippen molar-refractivity contribution in [1.82, 2.24) is 5.32 Å². The molecule has 0 radical (unpaired) electrons. The summed E-state index contributed by atoms with van der Waals surface area (Å²) in [7, 11) is 0. The Hall–Kier alpha value is -1.00. The van der Waals surface area contributed by atoms with Gasteiger partial charge in [-0.1, -0.05) is 6.07 Å². The molecule has 0 amide bonds. The van der Waals surface area contributed by atoms with Crippen LogP contribution in [0.2, 0.25) is 0 Å². The van der Waals surface area contributed by atoms with E-state index in [9.17, 15) is 13.9 Å². The largest absolute Gasteiger partial charge is 0.393 e. The molecule has 0 heterocycles. The number of hydrogen-bond acceptors (Lipinski definition) is 2. The molecule has 2 N–H and O–H groups in total. The minimum absolute atomic E-state index is 0.0102. The summed E-state index contributed by atoms with van der Waals surface area (Å²) >= 11 is 0. The van der Waals surface area contributed by atoms with Crippen molar-refractivity contribution in [2.75, 3.05) is 0 Å². The van der Waals surface area contributed by atoms with Gasteiger partial charge in [0.05, 0.1) is 6.10 Å². The summed E-state index contributed by atoms with van der Waals surface area (Å²) in [4.78, 5) is 0. The second-order valence-corrected chi connectivity index (χ2v) is 4.51. The number of nitrogens with one attached hydrogen (secondary N) is 1. The molecule has 2 nitrogen and oxygen atoms in total. The first-order valence-corrected chi connectivity index (χ1v) is 5.79. The molecule has 0 aliphatic heterocycles. The molecule has 0 bridgehead atoms. The van der Waals surface area contributed by atoms with Gasteiger partial charge in [0.2, 0.25) is 0 Å². The number of benzene rings is 1. The van der Waals surface area contributed by atoms with Crippen LogP contribution in [0.25, 0.3) is 0 Å². The Morgan fingerprint density at radius 1 is 1.18 bits per heavy atom. The fourth-order valence-electron chi connectivity index (χ4n) is 2.01. The van der Waals surface area contributed by atoms with E-state index in [0.29, 0.717) is 6.42 Å². The van der Waals surface area contributed by atoms with Gasteiger partial charge in [0.1, 0.15) is 11.6 Å². The Labute approximate surface area is 101 Å². The van der Waals surface area contributed by atoms with Gasteiger partial charge in [-0.2, -0.15) is 0 Å². The lowest BCUT2D eigenvalue weighted by molar-refractivity contribution is 0.168. The number of hydrogen-bond donors (Lipinski definition) is 2. The molecule has 0 aliphatic rings. The first-order valence-electron chi connectivity index (χ1n) is 5.79. The van der Waals surface area contributed by atoms with Crippen LogP contribution in [0.4, 0.5) is 8.78 Å². The topological polar surface area (TPSA) is 32.3 Å². The Kier molecular flexibility index (Phi) is 5.02. The Morgan fingerprint density at radius 2 is 1.71 bits per heavy atom. The summed E-state index contributed by atoms with van der Waals surface area (Å²) in [6, 6.07) is 3.40. The van der Waals surface area contributed by atoms with Crippen LogP contribution in [-0.2, 0) is 0 Å². The molecule has 1 aromatic carbocycles. The molecule has 17 heavy (non-hydrogen) atoms. The number of aliphatic hydroxyl groups is 1. The molecule has 0 saturated heterocycles. The van der Waals surface area contributed by atoms with E-state index >= 15 is 0 Å². The highest BCUT2D eigenvalue weighted by Gasteiger charge is 2.18. The van der Waals surface area contributed by atoms with Crippen molar-refractivity contribution in [2.45, 2.75) is 45.4 Å². The Bertz CT molecular complexity index is 348. The van der Waals surface area contributed by atoms with Crippen LogP contribution in [0, 0.1) is 11.6 Å². The van der Waals surface area contributed by atoms with Crippen LogP contribution in [-0.4, -0.2) is 17.3 Å². The van der Waals surface area contributed by atoms with Crippen LogP contribution < -0.4 is 5.32 Å². The lowest BCUT2D eigenvalue weighted by Crippen LogP contribution is -2.32. The van der Waals surface area contributed by atoms with Crippen LogP contribution in [0.5, 0.6) is 0 Å². The van der Waals surface area contributed by atoms with Crippen LogP contribution >= 0.6 is 0 Å². The monoisotopic (exact) mass is 243 g/mol. The van der Waals surface area contributed by atoms with E-state index in [1.54, 1.807) is 13.8 Å². The quantitative estimate of drug-likeness (QED) is 0.833. The molecule has 4 heteroatoms. The van der Waals surface area contributed by atoms with Crippen LogP contribution in [0.1, 0.15) is 38.8 Å².